The Morgan fingerprint density at radius 1 is 1.27 bits per heavy atom. The molecular weight excluding hydrogens is 175 g/mol. The molecular formula is C6H5NaO3S. The van der Waals surface area contributed by atoms with E-state index >= 15 is 0 Å². The molecule has 11 heavy (non-hydrogen) atoms. The minimum Gasteiger partial charge on any atom is -0.744 e. The smallest absolute Gasteiger partial charge is 0.744 e. The maximum Gasteiger partial charge on any atom is 1.00 e. The van der Waals surface area contributed by atoms with E-state index in [4.69, 9.17) is 6.85 Å². The van der Waals surface area contributed by atoms with E-state index in [0.717, 1.165) is 0 Å². The minimum atomic E-state index is -5.07. The number of rotatable bonds is 1. The van der Waals surface area contributed by atoms with Gasteiger partial charge in [0.25, 0.3) is 0 Å². The van der Waals surface area contributed by atoms with Crippen LogP contribution in [0.4, 0.5) is 0 Å². The summed E-state index contributed by atoms with van der Waals surface area (Å²) in [5, 5.41) is 0. The summed E-state index contributed by atoms with van der Waals surface area (Å²) in [5.74, 6) is 0. The molecule has 0 aliphatic heterocycles. The van der Waals surface area contributed by atoms with Crippen LogP contribution >= 0.6 is 0 Å². The van der Waals surface area contributed by atoms with Gasteiger partial charge in [0.15, 0.2) is 0 Å². The van der Waals surface area contributed by atoms with Crippen LogP contribution in [0.25, 0.3) is 0 Å². The van der Waals surface area contributed by atoms with Gasteiger partial charge in [0.05, 0.1) is 11.7 Å². The molecule has 0 amide bonds. The van der Waals surface area contributed by atoms with E-state index in [9.17, 15) is 13.0 Å². The minimum absolute atomic E-state index is 0. The third-order valence-electron chi connectivity index (χ3n) is 0.727. The predicted octanol–water partition coefficient (Wildman–Crippen LogP) is -2.41. The van der Waals surface area contributed by atoms with Crippen LogP contribution in [0.2, 0.25) is 0 Å². The second-order valence-corrected chi connectivity index (χ2v) is 2.72. The number of hydrogen-bond acceptors (Lipinski definition) is 3. The molecule has 0 fully saturated rings. The van der Waals surface area contributed by atoms with E-state index in [1.165, 1.54) is 0 Å². The molecule has 5 heteroatoms. The quantitative estimate of drug-likeness (QED) is 0.362. The molecule has 0 bridgehead atoms. The Bertz CT molecular complexity index is 500. The van der Waals surface area contributed by atoms with Crippen molar-refractivity contribution in [3.8, 4) is 0 Å². The zero-order valence-electron chi connectivity index (χ0n) is 10.6. The summed E-state index contributed by atoms with van der Waals surface area (Å²) in [5.41, 5.74) is 0. The van der Waals surface area contributed by atoms with Gasteiger partial charge in [-0.2, -0.15) is 0 Å². The average Bonchev–Trinajstić information content (AvgIpc) is 2.09. The molecule has 0 aromatic heterocycles. The van der Waals surface area contributed by atoms with Crippen molar-refractivity contribution in [1.29, 1.82) is 0 Å². The van der Waals surface area contributed by atoms with Crippen LogP contribution in [0.15, 0.2) is 35.1 Å². The van der Waals surface area contributed by atoms with Crippen molar-refractivity contribution < 1.29 is 49.4 Å². The Morgan fingerprint density at radius 3 is 2.09 bits per heavy atom. The van der Waals surface area contributed by atoms with Crippen molar-refractivity contribution in [3.05, 3.63) is 30.2 Å². The van der Waals surface area contributed by atoms with Crippen LogP contribution in [0, 0.1) is 0 Å². The van der Waals surface area contributed by atoms with Gasteiger partial charge in [-0.3, -0.25) is 0 Å². The summed E-state index contributed by atoms with van der Waals surface area (Å²) in [7, 11) is -5.07. The van der Waals surface area contributed by atoms with Crippen molar-refractivity contribution in [3.63, 3.8) is 0 Å². The zero-order chi connectivity index (χ0) is 12.0. The van der Waals surface area contributed by atoms with Crippen LogP contribution in [0.3, 0.4) is 0 Å². The van der Waals surface area contributed by atoms with E-state index in [1.54, 1.807) is 0 Å². The first kappa shape index (κ1) is 4.99. The van der Waals surface area contributed by atoms with Crippen molar-refractivity contribution in [2.45, 2.75) is 4.90 Å². The average molecular weight is 185 g/mol. The van der Waals surface area contributed by atoms with Crippen LogP contribution in [0.5, 0.6) is 0 Å². The fourth-order valence-electron chi connectivity index (χ4n) is 0.364. The van der Waals surface area contributed by atoms with Gasteiger partial charge >= 0.3 is 29.6 Å². The van der Waals surface area contributed by atoms with Gasteiger partial charge in [-0.05, 0) is 12.1 Å². The molecule has 0 saturated carbocycles. The van der Waals surface area contributed by atoms with Gasteiger partial charge in [-0.25, -0.2) is 8.42 Å². The molecule has 0 saturated heterocycles. The molecule has 54 valence electrons. The molecule has 0 atom stereocenters. The molecule has 0 aliphatic rings. The maximum atomic E-state index is 10.7. The number of hydrogen-bond donors (Lipinski definition) is 0. The predicted molar refractivity (Wildman–Crippen MR) is 34.4 cm³/mol. The summed E-state index contributed by atoms with van der Waals surface area (Å²) in [6.45, 7) is 0. The summed E-state index contributed by atoms with van der Waals surface area (Å²) in [6.07, 6.45) is 0. The van der Waals surface area contributed by atoms with E-state index < -0.39 is 45.2 Å². The van der Waals surface area contributed by atoms with E-state index in [-0.39, 0.29) is 29.6 Å². The molecule has 0 spiro atoms. The Labute approximate surface area is 94.5 Å². The first-order valence-corrected chi connectivity index (χ1v) is 3.61. The molecule has 1 rings (SSSR count). The van der Waals surface area contributed by atoms with E-state index in [1.807, 2.05) is 0 Å². The van der Waals surface area contributed by atoms with E-state index in [2.05, 4.69) is 0 Å². The largest absolute Gasteiger partial charge is 1.00 e. The second-order valence-electron chi connectivity index (χ2n) is 1.41. The fourth-order valence-corrected chi connectivity index (χ4v) is 0.716. The summed E-state index contributed by atoms with van der Waals surface area (Å²) in [4.78, 5) is -1.21. The molecule has 1 aromatic rings. The van der Waals surface area contributed by atoms with Crippen molar-refractivity contribution >= 4 is 10.1 Å². The molecule has 0 N–H and O–H groups in total. The topological polar surface area (TPSA) is 57.2 Å². The van der Waals surface area contributed by atoms with Gasteiger partial charge in [0, 0.05) is 0 Å². The third-order valence-corrected chi connectivity index (χ3v) is 1.43. The van der Waals surface area contributed by atoms with Gasteiger partial charge in [-0.15, -0.1) is 0 Å². The van der Waals surface area contributed by atoms with E-state index in [0.29, 0.717) is 0 Å². The van der Waals surface area contributed by atoms with Crippen LogP contribution in [0.1, 0.15) is 6.85 Å². The molecule has 0 radical (unpaired) electrons. The third kappa shape index (κ3) is 3.35. The summed E-state index contributed by atoms with van der Waals surface area (Å²) in [6, 6.07) is -4.43. The van der Waals surface area contributed by atoms with Crippen LogP contribution in [-0.2, 0) is 10.1 Å². The molecule has 0 unspecified atom stereocenters. The Morgan fingerprint density at radius 2 is 1.73 bits per heavy atom. The van der Waals surface area contributed by atoms with Gasteiger partial charge in [-0.1, -0.05) is 18.1 Å². The second kappa shape index (κ2) is 4.23. The first-order valence-electron chi connectivity index (χ1n) is 4.70. The van der Waals surface area contributed by atoms with Gasteiger partial charge in [0.1, 0.15) is 10.1 Å². The monoisotopic (exact) mass is 185 g/mol. The molecule has 3 nitrogen and oxygen atoms in total. The van der Waals surface area contributed by atoms with Gasteiger partial charge < -0.3 is 4.55 Å². The number of benzene rings is 1. The Balaban J connectivity index is 0.00000225. The van der Waals surface area contributed by atoms with Crippen molar-refractivity contribution in [2.75, 3.05) is 0 Å². The summed E-state index contributed by atoms with van der Waals surface area (Å²) >= 11 is 0. The SMILES string of the molecule is [2H]c1c([2H])c([2H])c(S(=O)(=O)[O-])c([2H])c1[2H].[Na+]. The van der Waals surface area contributed by atoms with Crippen molar-refractivity contribution in [1.82, 2.24) is 0 Å². The Hall–Kier alpha value is 0.130. The normalized spacial score (nSPS) is 16.6. The molecule has 0 heterocycles. The zero-order valence-corrected chi connectivity index (χ0v) is 8.45. The summed E-state index contributed by atoms with van der Waals surface area (Å²) < 4.78 is 67.6. The van der Waals surface area contributed by atoms with Crippen LogP contribution in [-0.4, -0.2) is 13.0 Å². The van der Waals surface area contributed by atoms with Crippen molar-refractivity contribution in [2.24, 2.45) is 0 Å². The Kier molecular flexibility index (Phi) is 1.92. The van der Waals surface area contributed by atoms with Crippen LogP contribution < -0.4 is 29.6 Å². The first-order chi connectivity index (χ1) is 6.68. The molecule has 1 aromatic carbocycles. The van der Waals surface area contributed by atoms with Gasteiger partial charge in [0.2, 0.25) is 0 Å². The maximum absolute atomic E-state index is 10.7. The fraction of sp³-hybridized carbons (Fsp3) is 0. The molecule has 0 aliphatic carbocycles. The standard InChI is InChI=1S/C6H6O3S.Na/c7-10(8,9)6-4-2-1-3-5-6;/h1-5H,(H,7,8,9);/q;+1/p-1/i1D,2D,3D,4D,5D;.